The number of aromatic amines is 1. The second kappa shape index (κ2) is 6.64. The highest BCUT2D eigenvalue weighted by Crippen LogP contribution is 2.30. The fraction of sp³-hybridized carbons (Fsp3) is 0.154. The van der Waals surface area contributed by atoms with Crippen LogP contribution in [0.5, 0.6) is 5.75 Å². The van der Waals surface area contributed by atoms with Crippen LogP contribution in [0, 0.1) is 6.92 Å². The summed E-state index contributed by atoms with van der Waals surface area (Å²) in [6, 6.07) is 4.91. The average Bonchev–Trinajstić information content (AvgIpc) is 2.83. The Labute approximate surface area is 130 Å². The normalized spacial score (nSPS) is 11.5. The number of carbonyl (C=O) groups is 1. The predicted molar refractivity (Wildman–Crippen MR) is 78.0 cm³/mol. The number of aromatic nitrogens is 3. The summed E-state index contributed by atoms with van der Waals surface area (Å²) in [7, 11) is 1.49. The number of nitrogens with zero attached hydrogens (tertiary/aromatic N) is 2. The van der Waals surface area contributed by atoms with E-state index in [1.165, 1.54) is 13.2 Å². The maximum Gasteiger partial charge on any atom is 0.213 e. The van der Waals surface area contributed by atoms with E-state index in [1.54, 1.807) is 25.1 Å². The van der Waals surface area contributed by atoms with E-state index in [2.05, 4.69) is 15.2 Å². The Morgan fingerprint density at radius 2 is 2.29 bits per heavy atom. The minimum atomic E-state index is -1.33. The van der Waals surface area contributed by atoms with Crippen LogP contribution in [0.15, 0.2) is 28.3 Å². The monoisotopic (exact) mass is 324 g/mol. The molecule has 0 unspecified atom stereocenters. The zero-order valence-corrected chi connectivity index (χ0v) is 12.8. The molecular formula is C13H11ClN3O3S-. The molecule has 0 atom stereocenters. The number of aryl methyl sites for hydroxylation is 1. The Kier molecular flexibility index (Phi) is 4.87. The highest BCUT2D eigenvalue weighted by molar-refractivity contribution is 8.04. The standard InChI is InChI=1S/C13H12ClN3O3S/c1-7-15-13(17-16-7)21-11(12(18)19)6-8-5-9(14)3-4-10(8)20-2/h3-6H,1-2H3,(H,18,19)(H,15,16,17)/p-1/b11-6-. The summed E-state index contributed by atoms with van der Waals surface area (Å²) in [5, 5.41) is 18.5. The molecule has 2 aromatic rings. The Bertz CT molecular complexity index is 700. The third kappa shape index (κ3) is 3.99. The zero-order valence-electron chi connectivity index (χ0n) is 11.2. The van der Waals surface area contributed by atoms with E-state index >= 15 is 0 Å². The molecule has 0 fully saturated rings. The molecule has 0 aliphatic heterocycles. The Morgan fingerprint density at radius 3 is 2.86 bits per heavy atom. The van der Waals surface area contributed by atoms with Crippen LogP contribution in [0.25, 0.3) is 6.08 Å². The van der Waals surface area contributed by atoms with Crippen LogP contribution in [0.3, 0.4) is 0 Å². The third-order valence-corrected chi connectivity index (χ3v) is 3.56. The number of carboxylic acids is 1. The van der Waals surface area contributed by atoms with Crippen molar-refractivity contribution >= 4 is 35.4 Å². The molecule has 0 aliphatic carbocycles. The van der Waals surface area contributed by atoms with E-state index in [0.717, 1.165) is 11.8 Å². The molecule has 0 bridgehead atoms. The van der Waals surface area contributed by atoms with Crippen molar-refractivity contribution in [3.05, 3.63) is 39.5 Å². The molecule has 21 heavy (non-hydrogen) atoms. The topological polar surface area (TPSA) is 90.9 Å². The van der Waals surface area contributed by atoms with Gasteiger partial charge in [-0.25, -0.2) is 4.98 Å². The van der Waals surface area contributed by atoms with Gasteiger partial charge in [-0.2, -0.15) is 0 Å². The SMILES string of the molecule is COc1ccc(Cl)cc1/C=C(\Sc1n[nH]c(C)n1)C(=O)[O-]. The molecule has 0 aliphatic rings. The predicted octanol–water partition coefficient (Wildman–Crippen LogP) is 1.66. The van der Waals surface area contributed by atoms with Gasteiger partial charge in [0.05, 0.1) is 13.1 Å². The molecule has 0 radical (unpaired) electrons. The van der Waals surface area contributed by atoms with Crippen LogP contribution in [-0.2, 0) is 4.79 Å². The number of rotatable bonds is 5. The van der Waals surface area contributed by atoms with E-state index in [1.807, 2.05) is 0 Å². The first-order chi connectivity index (χ1) is 9.99. The number of benzene rings is 1. The van der Waals surface area contributed by atoms with Gasteiger partial charge in [0.25, 0.3) is 0 Å². The van der Waals surface area contributed by atoms with Gasteiger partial charge in [0.15, 0.2) is 0 Å². The summed E-state index contributed by atoms with van der Waals surface area (Å²) in [5.74, 6) is -0.232. The molecule has 1 heterocycles. The van der Waals surface area contributed by atoms with Gasteiger partial charge in [0.1, 0.15) is 11.6 Å². The van der Waals surface area contributed by atoms with E-state index < -0.39 is 5.97 Å². The van der Waals surface area contributed by atoms with Crippen molar-refractivity contribution in [1.29, 1.82) is 0 Å². The molecular weight excluding hydrogens is 314 g/mol. The number of thioether (sulfide) groups is 1. The lowest BCUT2D eigenvalue weighted by Crippen LogP contribution is -2.23. The minimum Gasteiger partial charge on any atom is -0.544 e. The molecule has 1 N–H and O–H groups in total. The van der Waals surface area contributed by atoms with Crippen LogP contribution >= 0.6 is 23.4 Å². The number of hydrogen-bond donors (Lipinski definition) is 1. The first-order valence-electron chi connectivity index (χ1n) is 5.83. The molecule has 0 spiro atoms. The number of methoxy groups -OCH3 is 1. The first-order valence-corrected chi connectivity index (χ1v) is 7.02. The van der Waals surface area contributed by atoms with Crippen molar-refractivity contribution in [1.82, 2.24) is 15.2 Å². The van der Waals surface area contributed by atoms with Crippen molar-refractivity contribution in [2.24, 2.45) is 0 Å². The molecule has 2 rings (SSSR count). The zero-order chi connectivity index (χ0) is 15.4. The fourth-order valence-electron chi connectivity index (χ4n) is 1.56. The van der Waals surface area contributed by atoms with Crippen LogP contribution in [0.4, 0.5) is 0 Å². The number of carboxylic acid groups (broad SMARTS) is 1. The quantitative estimate of drug-likeness (QED) is 0.664. The smallest absolute Gasteiger partial charge is 0.213 e. The lowest BCUT2D eigenvalue weighted by molar-refractivity contribution is -0.297. The highest BCUT2D eigenvalue weighted by atomic mass is 35.5. The van der Waals surface area contributed by atoms with Gasteiger partial charge in [-0.05, 0) is 43.0 Å². The molecule has 0 amide bonds. The second-order valence-corrected chi connectivity index (χ2v) is 5.43. The maximum absolute atomic E-state index is 11.3. The van der Waals surface area contributed by atoms with Gasteiger partial charge in [-0.15, -0.1) is 5.10 Å². The van der Waals surface area contributed by atoms with Crippen molar-refractivity contribution in [2.75, 3.05) is 7.11 Å². The van der Waals surface area contributed by atoms with Crippen LogP contribution in [0.1, 0.15) is 11.4 Å². The number of nitrogens with one attached hydrogen (secondary N) is 1. The van der Waals surface area contributed by atoms with Crippen molar-refractivity contribution < 1.29 is 14.6 Å². The van der Waals surface area contributed by atoms with Gasteiger partial charge in [0, 0.05) is 15.5 Å². The number of carbonyl (C=O) groups excluding carboxylic acids is 1. The van der Waals surface area contributed by atoms with Crippen molar-refractivity contribution in [2.45, 2.75) is 12.1 Å². The van der Waals surface area contributed by atoms with Crippen LogP contribution in [0.2, 0.25) is 5.02 Å². The van der Waals surface area contributed by atoms with Crippen molar-refractivity contribution in [3.63, 3.8) is 0 Å². The molecule has 1 aromatic heterocycles. The summed E-state index contributed by atoms with van der Waals surface area (Å²) in [6.07, 6.45) is 1.41. The number of aliphatic carboxylic acids is 1. The summed E-state index contributed by atoms with van der Waals surface area (Å²) in [5.41, 5.74) is 0.531. The van der Waals surface area contributed by atoms with Gasteiger partial charge in [0.2, 0.25) is 5.16 Å². The molecule has 1 aromatic carbocycles. The Balaban J connectivity index is 2.37. The van der Waals surface area contributed by atoms with E-state index in [9.17, 15) is 9.90 Å². The second-order valence-electron chi connectivity index (χ2n) is 3.99. The first kappa shape index (κ1) is 15.4. The molecule has 8 heteroatoms. The van der Waals surface area contributed by atoms with Gasteiger partial charge in [-0.1, -0.05) is 11.6 Å². The Morgan fingerprint density at radius 1 is 1.52 bits per heavy atom. The molecule has 0 saturated heterocycles. The summed E-state index contributed by atoms with van der Waals surface area (Å²) in [4.78, 5) is 15.3. The van der Waals surface area contributed by atoms with Crippen molar-refractivity contribution in [3.8, 4) is 5.75 Å². The molecule has 110 valence electrons. The third-order valence-electron chi connectivity index (χ3n) is 2.46. The Hall–Kier alpha value is -1.99. The molecule has 6 nitrogen and oxygen atoms in total. The summed E-state index contributed by atoms with van der Waals surface area (Å²) < 4.78 is 5.17. The van der Waals surface area contributed by atoms with E-state index in [4.69, 9.17) is 16.3 Å². The average molecular weight is 325 g/mol. The number of H-pyrrole nitrogens is 1. The van der Waals surface area contributed by atoms with Gasteiger partial charge >= 0.3 is 0 Å². The maximum atomic E-state index is 11.3. The van der Waals surface area contributed by atoms with Gasteiger partial charge in [-0.3, -0.25) is 5.10 Å². The number of hydrogen-bond acceptors (Lipinski definition) is 6. The lowest BCUT2D eigenvalue weighted by atomic mass is 10.2. The van der Waals surface area contributed by atoms with Crippen LogP contribution < -0.4 is 9.84 Å². The van der Waals surface area contributed by atoms with E-state index in [0.29, 0.717) is 27.3 Å². The highest BCUT2D eigenvalue weighted by Gasteiger charge is 2.09. The number of ether oxygens (including phenoxy) is 1. The summed E-state index contributed by atoms with van der Waals surface area (Å²) >= 11 is 6.80. The minimum absolute atomic E-state index is 0.0467. The van der Waals surface area contributed by atoms with Crippen LogP contribution in [-0.4, -0.2) is 28.3 Å². The fourth-order valence-corrected chi connectivity index (χ4v) is 2.48. The van der Waals surface area contributed by atoms with Gasteiger partial charge < -0.3 is 14.6 Å². The molecule has 0 saturated carbocycles. The lowest BCUT2D eigenvalue weighted by Gasteiger charge is -2.09. The largest absolute Gasteiger partial charge is 0.544 e. The summed E-state index contributed by atoms with van der Waals surface area (Å²) in [6.45, 7) is 1.72. The van der Waals surface area contributed by atoms with E-state index in [-0.39, 0.29) is 4.91 Å². The number of halogens is 1.